The number of hydrogen-bond acceptors (Lipinski definition) is 7. The SMILES string of the molecule is COc1cccc(-n2nnc3c(N4CCN(C(=O)C56CC7CC(CC(C7)C5)C6)CC4)ncnc32)c1. The Kier molecular flexibility index (Phi) is 4.76. The van der Waals surface area contributed by atoms with E-state index in [0.717, 1.165) is 80.4 Å². The number of methoxy groups -OCH3 is 1. The zero-order valence-corrected chi connectivity index (χ0v) is 20.1. The van der Waals surface area contributed by atoms with E-state index in [-0.39, 0.29) is 5.41 Å². The summed E-state index contributed by atoms with van der Waals surface area (Å²) in [6, 6.07) is 7.68. The highest BCUT2D eigenvalue weighted by molar-refractivity contribution is 5.85. The number of carbonyl (C=O) groups excluding carboxylic acids is 1. The van der Waals surface area contributed by atoms with Gasteiger partial charge in [-0.25, -0.2) is 9.97 Å². The van der Waals surface area contributed by atoms with Gasteiger partial charge in [-0.15, -0.1) is 5.10 Å². The van der Waals surface area contributed by atoms with Crippen LogP contribution in [0.2, 0.25) is 0 Å². The lowest BCUT2D eigenvalue weighted by Crippen LogP contribution is -2.58. The van der Waals surface area contributed by atoms with E-state index in [1.807, 2.05) is 24.3 Å². The van der Waals surface area contributed by atoms with Gasteiger partial charge < -0.3 is 14.5 Å². The summed E-state index contributed by atoms with van der Waals surface area (Å²) in [6.07, 6.45) is 9.03. The second-order valence-corrected chi connectivity index (χ2v) is 11.0. The topological polar surface area (TPSA) is 89.3 Å². The summed E-state index contributed by atoms with van der Waals surface area (Å²) < 4.78 is 7.07. The lowest BCUT2D eigenvalue weighted by atomic mass is 9.49. The molecule has 9 nitrogen and oxygen atoms in total. The Labute approximate surface area is 204 Å². The van der Waals surface area contributed by atoms with Crippen LogP contribution in [0.5, 0.6) is 5.75 Å². The van der Waals surface area contributed by atoms with Crippen LogP contribution in [0, 0.1) is 23.2 Å². The lowest BCUT2D eigenvalue weighted by molar-refractivity contribution is -0.158. The van der Waals surface area contributed by atoms with Crippen LogP contribution >= 0.6 is 0 Å². The van der Waals surface area contributed by atoms with E-state index >= 15 is 0 Å². The molecule has 182 valence electrons. The molecule has 4 saturated carbocycles. The summed E-state index contributed by atoms with van der Waals surface area (Å²) >= 11 is 0. The van der Waals surface area contributed by atoms with Crippen molar-refractivity contribution in [3.05, 3.63) is 30.6 Å². The van der Waals surface area contributed by atoms with Crippen LogP contribution in [0.25, 0.3) is 16.9 Å². The van der Waals surface area contributed by atoms with Crippen molar-refractivity contribution in [2.24, 2.45) is 23.2 Å². The summed E-state index contributed by atoms with van der Waals surface area (Å²) in [5.41, 5.74) is 2.10. The van der Waals surface area contributed by atoms with Crippen LogP contribution in [0.15, 0.2) is 30.6 Å². The van der Waals surface area contributed by atoms with E-state index in [1.54, 1.807) is 18.1 Å². The molecule has 1 aliphatic heterocycles. The Balaban J connectivity index is 1.10. The van der Waals surface area contributed by atoms with Gasteiger partial charge in [0.25, 0.3) is 0 Å². The van der Waals surface area contributed by atoms with Gasteiger partial charge in [-0.3, -0.25) is 4.79 Å². The maximum Gasteiger partial charge on any atom is 0.228 e. The Morgan fingerprint density at radius 2 is 1.71 bits per heavy atom. The standard InChI is InChI=1S/C26H31N7O2/c1-35-21-4-2-3-20(12-21)33-24-22(29-30-33)23(27-16-28-24)31-5-7-32(8-6-31)25(34)26-13-17-9-18(14-26)11-19(10-17)15-26/h2-4,12,16-19H,5-11,13-15H2,1H3. The summed E-state index contributed by atoms with van der Waals surface area (Å²) in [5, 5.41) is 8.79. The zero-order valence-electron chi connectivity index (χ0n) is 20.1. The molecule has 0 spiro atoms. The van der Waals surface area contributed by atoms with Crippen molar-refractivity contribution in [2.45, 2.75) is 38.5 Å². The first-order valence-corrected chi connectivity index (χ1v) is 12.9. The van der Waals surface area contributed by atoms with Gasteiger partial charge in [0.15, 0.2) is 17.0 Å². The minimum Gasteiger partial charge on any atom is -0.497 e. The number of fused-ring (bicyclic) bond motifs is 1. The first kappa shape index (κ1) is 21.1. The largest absolute Gasteiger partial charge is 0.497 e. The third-order valence-corrected chi connectivity index (χ3v) is 8.87. The Bertz CT molecular complexity index is 1240. The van der Waals surface area contributed by atoms with Gasteiger partial charge in [0.05, 0.1) is 18.2 Å². The molecule has 4 bridgehead atoms. The molecule has 4 aliphatic carbocycles. The van der Waals surface area contributed by atoms with Crippen LogP contribution in [0.1, 0.15) is 38.5 Å². The molecular weight excluding hydrogens is 442 g/mol. The van der Waals surface area contributed by atoms with E-state index in [0.29, 0.717) is 17.1 Å². The number of anilines is 1. The molecule has 2 aromatic heterocycles. The van der Waals surface area contributed by atoms with Crippen LogP contribution < -0.4 is 9.64 Å². The molecule has 0 unspecified atom stereocenters. The Morgan fingerprint density at radius 3 is 2.40 bits per heavy atom. The minimum atomic E-state index is -0.0709. The average Bonchev–Trinajstić information content (AvgIpc) is 3.32. The van der Waals surface area contributed by atoms with E-state index in [1.165, 1.54) is 19.3 Å². The molecule has 8 rings (SSSR count). The number of nitrogens with zero attached hydrogens (tertiary/aromatic N) is 7. The van der Waals surface area contributed by atoms with Crippen LogP contribution in [0.3, 0.4) is 0 Å². The predicted molar refractivity (Wildman–Crippen MR) is 130 cm³/mol. The van der Waals surface area contributed by atoms with E-state index in [4.69, 9.17) is 4.74 Å². The quantitative estimate of drug-likeness (QED) is 0.575. The van der Waals surface area contributed by atoms with Crippen LogP contribution in [-0.4, -0.2) is 69.1 Å². The smallest absolute Gasteiger partial charge is 0.228 e. The molecule has 5 aliphatic rings. The van der Waals surface area contributed by atoms with Gasteiger partial charge in [0, 0.05) is 32.2 Å². The number of aromatic nitrogens is 5. The number of rotatable bonds is 4. The average molecular weight is 474 g/mol. The Hall–Kier alpha value is -3.23. The number of hydrogen-bond donors (Lipinski definition) is 0. The predicted octanol–water partition coefficient (Wildman–Crippen LogP) is 3.08. The molecule has 1 aromatic carbocycles. The summed E-state index contributed by atoms with van der Waals surface area (Å²) in [4.78, 5) is 27.2. The fourth-order valence-electron chi connectivity index (χ4n) is 7.71. The Morgan fingerprint density at radius 1 is 1.00 bits per heavy atom. The van der Waals surface area contributed by atoms with Gasteiger partial charge in [-0.05, 0) is 68.4 Å². The second-order valence-electron chi connectivity index (χ2n) is 11.0. The van der Waals surface area contributed by atoms with E-state index < -0.39 is 0 Å². The summed E-state index contributed by atoms with van der Waals surface area (Å²) in [6.45, 7) is 2.96. The van der Waals surface area contributed by atoms with Crippen molar-refractivity contribution >= 4 is 22.9 Å². The molecule has 0 radical (unpaired) electrons. The number of piperazine rings is 1. The number of ether oxygens (including phenoxy) is 1. The van der Waals surface area contributed by atoms with Gasteiger partial charge >= 0.3 is 0 Å². The minimum absolute atomic E-state index is 0.0709. The van der Waals surface area contributed by atoms with Crippen molar-refractivity contribution in [2.75, 3.05) is 38.2 Å². The summed E-state index contributed by atoms with van der Waals surface area (Å²) in [7, 11) is 1.65. The molecule has 1 saturated heterocycles. The van der Waals surface area contributed by atoms with Crippen molar-refractivity contribution in [3.8, 4) is 11.4 Å². The molecule has 0 atom stereocenters. The third kappa shape index (κ3) is 3.38. The van der Waals surface area contributed by atoms with E-state index in [2.05, 4.69) is 30.1 Å². The highest BCUT2D eigenvalue weighted by Crippen LogP contribution is 2.60. The first-order valence-electron chi connectivity index (χ1n) is 12.9. The summed E-state index contributed by atoms with van der Waals surface area (Å²) in [5.74, 6) is 4.31. The highest BCUT2D eigenvalue weighted by atomic mass is 16.5. The van der Waals surface area contributed by atoms with Gasteiger partial charge in [-0.1, -0.05) is 11.3 Å². The second kappa shape index (κ2) is 7.90. The monoisotopic (exact) mass is 473 g/mol. The van der Waals surface area contributed by atoms with E-state index in [9.17, 15) is 4.79 Å². The van der Waals surface area contributed by atoms with Gasteiger partial charge in [-0.2, -0.15) is 4.68 Å². The molecule has 5 fully saturated rings. The maximum atomic E-state index is 13.8. The maximum absolute atomic E-state index is 13.8. The normalized spacial score (nSPS) is 29.7. The molecule has 9 heteroatoms. The van der Waals surface area contributed by atoms with Crippen molar-refractivity contribution < 1.29 is 9.53 Å². The molecule has 35 heavy (non-hydrogen) atoms. The first-order chi connectivity index (χ1) is 17.1. The fraction of sp³-hybridized carbons (Fsp3) is 0.577. The van der Waals surface area contributed by atoms with Crippen molar-refractivity contribution in [1.82, 2.24) is 29.9 Å². The zero-order chi connectivity index (χ0) is 23.6. The van der Waals surface area contributed by atoms with Gasteiger partial charge in [0.1, 0.15) is 12.1 Å². The third-order valence-electron chi connectivity index (χ3n) is 8.87. The number of carbonyl (C=O) groups is 1. The molecule has 3 aromatic rings. The van der Waals surface area contributed by atoms with Gasteiger partial charge in [0.2, 0.25) is 5.91 Å². The number of amides is 1. The fourth-order valence-corrected chi connectivity index (χ4v) is 7.71. The van der Waals surface area contributed by atoms with Crippen LogP contribution in [0.4, 0.5) is 5.82 Å². The lowest BCUT2D eigenvalue weighted by Gasteiger charge is -2.57. The molecule has 0 N–H and O–H groups in total. The molecule has 3 heterocycles. The molecule has 1 amide bonds. The van der Waals surface area contributed by atoms with Crippen molar-refractivity contribution in [3.63, 3.8) is 0 Å². The highest BCUT2D eigenvalue weighted by Gasteiger charge is 2.55. The van der Waals surface area contributed by atoms with Crippen molar-refractivity contribution in [1.29, 1.82) is 0 Å². The van der Waals surface area contributed by atoms with Crippen LogP contribution in [-0.2, 0) is 4.79 Å². The molecular formula is C26H31N7O2. The number of benzene rings is 1.